The van der Waals surface area contributed by atoms with Gasteiger partial charge < -0.3 is 5.32 Å². The van der Waals surface area contributed by atoms with Gasteiger partial charge in [-0.15, -0.1) is 0 Å². The molecule has 10 heavy (non-hydrogen) atoms. The average molecular weight is 273 g/mol. The number of nitrogens with one attached hydrogen (secondary N) is 1. The number of hydrogen-bond acceptors (Lipinski definition) is 2. The summed E-state index contributed by atoms with van der Waals surface area (Å²) in [6.07, 6.45) is 1.92. The summed E-state index contributed by atoms with van der Waals surface area (Å²) in [5.41, 5.74) is 0. The number of hydrogen-bond donors (Lipinski definition) is 1. The van der Waals surface area contributed by atoms with Gasteiger partial charge in [0.15, 0.2) is 0 Å². The summed E-state index contributed by atoms with van der Waals surface area (Å²) in [7, 11) is 0. The van der Waals surface area contributed by atoms with E-state index in [1.54, 1.807) is 11.8 Å². The van der Waals surface area contributed by atoms with Crippen LogP contribution in [0.1, 0.15) is 6.92 Å². The van der Waals surface area contributed by atoms with E-state index in [0.717, 1.165) is 4.43 Å². The lowest BCUT2D eigenvalue weighted by Gasteiger charge is -2.08. The van der Waals surface area contributed by atoms with E-state index in [0.29, 0.717) is 11.8 Å². The monoisotopic (exact) mass is 273 g/mol. The smallest absolute Gasteiger partial charge is 0.230 e. The zero-order chi connectivity index (χ0) is 7.98. The summed E-state index contributed by atoms with van der Waals surface area (Å²) < 4.78 is 0.970. The molecule has 0 bridgehead atoms. The minimum Gasteiger partial charge on any atom is -0.352 e. The van der Waals surface area contributed by atoms with Crippen LogP contribution in [0.25, 0.3) is 0 Å². The zero-order valence-corrected chi connectivity index (χ0v) is 9.16. The molecule has 2 nitrogen and oxygen atoms in total. The quantitative estimate of drug-likeness (QED) is 0.617. The molecule has 0 aliphatic rings. The van der Waals surface area contributed by atoms with Crippen LogP contribution < -0.4 is 5.32 Å². The third kappa shape index (κ3) is 5.34. The Morgan fingerprint density at radius 1 is 1.80 bits per heavy atom. The number of thioether (sulfide) groups is 1. The molecule has 0 heterocycles. The Balaban J connectivity index is 3.37. The molecular formula is C6H12INOS. The van der Waals surface area contributed by atoms with Crippen LogP contribution >= 0.6 is 34.4 Å². The Bertz CT molecular complexity index is 110. The molecular weight excluding hydrogens is 261 g/mol. The van der Waals surface area contributed by atoms with Crippen molar-refractivity contribution in [1.82, 2.24) is 5.32 Å². The summed E-state index contributed by atoms with van der Waals surface area (Å²) >= 11 is 3.80. The van der Waals surface area contributed by atoms with E-state index in [1.807, 2.05) is 13.2 Å². The highest BCUT2D eigenvalue weighted by molar-refractivity contribution is 14.1. The molecule has 0 rings (SSSR count). The van der Waals surface area contributed by atoms with Crippen molar-refractivity contribution in [3.63, 3.8) is 0 Å². The van der Waals surface area contributed by atoms with Gasteiger partial charge in [0.2, 0.25) is 5.91 Å². The highest BCUT2D eigenvalue weighted by Crippen LogP contribution is 1.93. The number of amides is 1. The normalized spacial score (nSPS) is 12.7. The Labute approximate surface area is 79.7 Å². The van der Waals surface area contributed by atoms with Crippen molar-refractivity contribution in [3.8, 4) is 0 Å². The van der Waals surface area contributed by atoms with E-state index in [1.165, 1.54) is 0 Å². The van der Waals surface area contributed by atoms with Crippen LogP contribution in [0.2, 0.25) is 0 Å². The van der Waals surface area contributed by atoms with Crippen molar-refractivity contribution < 1.29 is 4.79 Å². The molecule has 0 aromatic rings. The zero-order valence-electron chi connectivity index (χ0n) is 6.19. The first-order valence-electron chi connectivity index (χ1n) is 3.05. The van der Waals surface area contributed by atoms with E-state index >= 15 is 0 Å². The van der Waals surface area contributed by atoms with Crippen molar-refractivity contribution in [2.75, 3.05) is 16.4 Å². The number of alkyl halides is 1. The third-order valence-corrected chi connectivity index (χ3v) is 2.79. The van der Waals surface area contributed by atoms with Crippen LogP contribution in [-0.2, 0) is 4.79 Å². The van der Waals surface area contributed by atoms with Crippen LogP contribution in [0.3, 0.4) is 0 Å². The summed E-state index contributed by atoms with van der Waals surface area (Å²) in [4.78, 5) is 10.9. The second-order valence-corrected chi connectivity index (χ2v) is 3.80. The van der Waals surface area contributed by atoms with Gasteiger partial charge in [0.1, 0.15) is 0 Å². The highest BCUT2D eigenvalue weighted by atomic mass is 127. The lowest BCUT2D eigenvalue weighted by Crippen LogP contribution is -2.34. The number of carbonyl (C=O) groups is 1. The van der Waals surface area contributed by atoms with Gasteiger partial charge in [0.05, 0.1) is 5.75 Å². The molecule has 4 heteroatoms. The van der Waals surface area contributed by atoms with E-state index in [4.69, 9.17) is 0 Å². The molecule has 0 saturated heterocycles. The maximum atomic E-state index is 10.9. The van der Waals surface area contributed by atoms with Crippen molar-refractivity contribution in [3.05, 3.63) is 0 Å². The fourth-order valence-corrected chi connectivity index (χ4v) is 1.05. The van der Waals surface area contributed by atoms with Crippen molar-refractivity contribution in [2.24, 2.45) is 0 Å². The third-order valence-electron chi connectivity index (χ3n) is 0.914. The molecule has 1 unspecified atom stereocenters. The fraction of sp³-hybridized carbons (Fsp3) is 0.833. The van der Waals surface area contributed by atoms with E-state index in [-0.39, 0.29) is 5.91 Å². The highest BCUT2D eigenvalue weighted by Gasteiger charge is 2.03. The first-order chi connectivity index (χ1) is 4.70. The van der Waals surface area contributed by atoms with Crippen LogP contribution in [0.15, 0.2) is 0 Å². The number of rotatable bonds is 4. The molecule has 0 aliphatic heterocycles. The van der Waals surface area contributed by atoms with Gasteiger partial charge in [-0.2, -0.15) is 11.8 Å². The van der Waals surface area contributed by atoms with Gasteiger partial charge in [0.25, 0.3) is 0 Å². The molecule has 60 valence electrons. The molecule has 0 aromatic carbocycles. The standard InChI is InChI=1S/C6H12INOS/c1-5(3-7)8-6(9)4-10-2/h5H,3-4H2,1-2H3,(H,8,9). The molecule has 1 N–H and O–H groups in total. The first kappa shape index (κ1) is 10.6. The second kappa shape index (κ2) is 6.27. The van der Waals surface area contributed by atoms with Crippen LogP contribution in [0.5, 0.6) is 0 Å². The predicted molar refractivity (Wildman–Crippen MR) is 54.9 cm³/mol. The van der Waals surface area contributed by atoms with Gasteiger partial charge in [-0.1, -0.05) is 22.6 Å². The summed E-state index contributed by atoms with van der Waals surface area (Å²) in [5.74, 6) is 0.706. The lowest BCUT2D eigenvalue weighted by molar-refractivity contribution is -0.118. The molecule has 0 saturated carbocycles. The first-order valence-corrected chi connectivity index (χ1v) is 5.97. The average Bonchev–Trinajstić information content (AvgIpc) is 1.88. The van der Waals surface area contributed by atoms with Crippen LogP contribution in [0, 0.1) is 0 Å². The molecule has 0 radical (unpaired) electrons. The van der Waals surface area contributed by atoms with Crippen molar-refractivity contribution in [2.45, 2.75) is 13.0 Å². The maximum absolute atomic E-state index is 10.9. The topological polar surface area (TPSA) is 29.1 Å². The SMILES string of the molecule is CSCC(=O)NC(C)CI. The summed E-state index contributed by atoms with van der Waals surface area (Å²) in [6, 6.07) is 0.306. The van der Waals surface area contributed by atoms with Crippen molar-refractivity contribution >= 4 is 40.3 Å². The van der Waals surface area contributed by atoms with Crippen LogP contribution in [-0.4, -0.2) is 28.4 Å². The molecule has 0 aromatic heterocycles. The Hall–Kier alpha value is 0.550. The largest absolute Gasteiger partial charge is 0.352 e. The molecule has 0 aliphatic carbocycles. The number of halogens is 1. The van der Waals surface area contributed by atoms with Gasteiger partial charge in [-0.3, -0.25) is 4.79 Å². The molecule has 1 amide bonds. The fourth-order valence-electron chi connectivity index (χ4n) is 0.486. The minimum atomic E-state index is 0.136. The van der Waals surface area contributed by atoms with E-state index in [2.05, 4.69) is 27.9 Å². The number of carbonyl (C=O) groups excluding carboxylic acids is 1. The second-order valence-electron chi connectivity index (χ2n) is 2.06. The molecule has 1 atom stereocenters. The Morgan fingerprint density at radius 3 is 2.80 bits per heavy atom. The summed E-state index contributed by atoms with van der Waals surface area (Å²) in [5, 5.41) is 2.86. The summed E-state index contributed by atoms with van der Waals surface area (Å²) in [6.45, 7) is 2.00. The lowest BCUT2D eigenvalue weighted by atomic mass is 10.4. The van der Waals surface area contributed by atoms with Crippen molar-refractivity contribution in [1.29, 1.82) is 0 Å². The molecule has 0 fully saturated rings. The van der Waals surface area contributed by atoms with Gasteiger partial charge >= 0.3 is 0 Å². The maximum Gasteiger partial charge on any atom is 0.230 e. The van der Waals surface area contributed by atoms with E-state index in [9.17, 15) is 4.79 Å². The van der Waals surface area contributed by atoms with Gasteiger partial charge in [-0.25, -0.2) is 0 Å². The Morgan fingerprint density at radius 2 is 2.40 bits per heavy atom. The van der Waals surface area contributed by atoms with E-state index < -0.39 is 0 Å². The van der Waals surface area contributed by atoms with Gasteiger partial charge in [0, 0.05) is 10.5 Å². The van der Waals surface area contributed by atoms with Crippen LogP contribution in [0.4, 0.5) is 0 Å². The van der Waals surface area contributed by atoms with Gasteiger partial charge in [-0.05, 0) is 13.2 Å². The minimum absolute atomic E-state index is 0.136. The predicted octanol–water partition coefficient (Wildman–Crippen LogP) is 1.29. The molecule has 0 spiro atoms. The Kier molecular flexibility index (Phi) is 6.62.